The van der Waals surface area contributed by atoms with Crippen LogP contribution in [0.4, 0.5) is 18.9 Å². The molecule has 0 amide bonds. The number of aryl methyl sites for hydroxylation is 2. The van der Waals surface area contributed by atoms with Crippen molar-refractivity contribution in [2.45, 2.75) is 24.2 Å². The number of nitrogens with zero attached hydrogens (tertiary/aromatic N) is 5. The minimum absolute atomic E-state index is 0.0411. The van der Waals surface area contributed by atoms with E-state index in [1.165, 1.54) is 26.0 Å². The maximum atomic E-state index is 12.9. The van der Waals surface area contributed by atoms with Gasteiger partial charge in [-0.1, -0.05) is 0 Å². The normalized spacial score (nSPS) is 12.5. The highest BCUT2D eigenvalue weighted by Crippen LogP contribution is 2.36. The molecule has 0 radical (unpaired) electrons. The van der Waals surface area contributed by atoms with Crippen molar-refractivity contribution < 1.29 is 26.5 Å². The van der Waals surface area contributed by atoms with Crippen molar-refractivity contribution in [3.63, 3.8) is 0 Å². The van der Waals surface area contributed by atoms with E-state index in [9.17, 15) is 31.7 Å². The summed E-state index contributed by atoms with van der Waals surface area (Å²) in [5.74, 6) is 0. The number of hydrogen-bond donors (Lipinski definition) is 0. The predicted molar refractivity (Wildman–Crippen MR) is 92.5 cm³/mol. The lowest BCUT2D eigenvalue weighted by Crippen LogP contribution is -2.15. The minimum atomic E-state index is -4.60. The molecular weight excluding hydrogens is 423 g/mol. The van der Waals surface area contributed by atoms with Gasteiger partial charge in [0.25, 0.3) is 10.0 Å². The first-order chi connectivity index (χ1) is 12.8. The number of hydrogen-bond acceptors (Lipinski definition) is 7. The van der Waals surface area contributed by atoms with Crippen molar-refractivity contribution in [3.8, 4) is 10.6 Å². The summed E-state index contributed by atoms with van der Waals surface area (Å²) >= 11 is 0.691. The summed E-state index contributed by atoms with van der Waals surface area (Å²) in [7, 11) is -3.13. The van der Waals surface area contributed by atoms with Crippen molar-refractivity contribution in [2.24, 2.45) is 7.05 Å². The van der Waals surface area contributed by atoms with Crippen LogP contribution in [0, 0.1) is 24.0 Å². The molecule has 0 atom stereocenters. The zero-order valence-electron chi connectivity index (χ0n) is 14.6. The van der Waals surface area contributed by atoms with Crippen LogP contribution in [0.15, 0.2) is 22.4 Å². The first-order valence-corrected chi connectivity index (χ1v) is 9.77. The lowest BCUT2D eigenvalue weighted by molar-refractivity contribution is -0.386. The SMILES string of the molecule is Cc1nn(S(=O)(=O)c2ccc(-c3cc(C(F)(F)F)n(C)n3)s2)c(C)c1[N+](=O)[O-]. The Morgan fingerprint density at radius 1 is 1.21 bits per heavy atom. The molecule has 150 valence electrons. The molecule has 0 spiro atoms. The van der Waals surface area contributed by atoms with Gasteiger partial charge in [0.05, 0.1) is 9.80 Å². The van der Waals surface area contributed by atoms with Gasteiger partial charge < -0.3 is 0 Å². The molecule has 3 heterocycles. The van der Waals surface area contributed by atoms with Gasteiger partial charge in [-0.25, -0.2) is 0 Å². The van der Waals surface area contributed by atoms with Gasteiger partial charge in [0.1, 0.15) is 27.0 Å². The van der Waals surface area contributed by atoms with Crippen molar-refractivity contribution in [2.75, 3.05) is 0 Å². The molecule has 3 aromatic heterocycles. The molecule has 28 heavy (non-hydrogen) atoms. The fourth-order valence-corrected chi connectivity index (χ4v) is 5.33. The molecule has 0 N–H and O–H groups in total. The average molecular weight is 435 g/mol. The number of halogens is 3. The third-order valence-electron chi connectivity index (χ3n) is 3.88. The van der Waals surface area contributed by atoms with Crippen LogP contribution < -0.4 is 0 Å². The third-order valence-corrected chi connectivity index (χ3v) is 7.12. The zero-order valence-corrected chi connectivity index (χ0v) is 16.2. The Balaban J connectivity index is 2.05. The van der Waals surface area contributed by atoms with Crippen molar-refractivity contribution in [3.05, 3.63) is 45.4 Å². The maximum Gasteiger partial charge on any atom is 0.433 e. The molecule has 0 saturated heterocycles. The summed E-state index contributed by atoms with van der Waals surface area (Å²) in [6.45, 7) is 2.56. The topological polar surface area (TPSA) is 113 Å². The van der Waals surface area contributed by atoms with Gasteiger partial charge in [-0.05, 0) is 32.0 Å². The molecule has 14 heteroatoms. The number of aromatic nitrogens is 4. The van der Waals surface area contributed by atoms with Gasteiger partial charge in [0.2, 0.25) is 0 Å². The molecule has 0 bridgehead atoms. The Bertz CT molecular complexity index is 1190. The van der Waals surface area contributed by atoms with Crippen molar-refractivity contribution in [1.29, 1.82) is 0 Å². The van der Waals surface area contributed by atoms with Crippen LogP contribution in [0.2, 0.25) is 0 Å². The number of rotatable bonds is 4. The van der Waals surface area contributed by atoms with Gasteiger partial charge in [-0.15, -0.1) is 11.3 Å². The van der Waals surface area contributed by atoms with Crippen molar-refractivity contribution in [1.82, 2.24) is 19.0 Å². The predicted octanol–water partition coefficient (Wildman–Crippen LogP) is 3.13. The van der Waals surface area contributed by atoms with Gasteiger partial charge in [-0.2, -0.15) is 35.9 Å². The highest BCUT2D eigenvalue weighted by Gasteiger charge is 2.35. The van der Waals surface area contributed by atoms with E-state index in [1.54, 1.807) is 0 Å². The fourth-order valence-electron chi connectivity index (χ4n) is 2.64. The summed E-state index contributed by atoms with van der Waals surface area (Å²) < 4.78 is 65.4. The van der Waals surface area contributed by atoms with E-state index in [4.69, 9.17) is 0 Å². The maximum absolute atomic E-state index is 12.9. The molecule has 0 aliphatic heterocycles. The van der Waals surface area contributed by atoms with Crippen LogP contribution in [0.3, 0.4) is 0 Å². The smallest absolute Gasteiger partial charge is 0.263 e. The minimum Gasteiger partial charge on any atom is -0.263 e. The molecule has 0 unspecified atom stereocenters. The van der Waals surface area contributed by atoms with Gasteiger partial charge in [0.15, 0.2) is 0 Å². The lowest BCUT2D eigenvalue weighted by atomic mass is 10.3. The summed E-state index contributed by atoms with van der Waals surface area (Å²) in [6.07, 6.45) is -4.60. The Kier molecular flexibility index (Phi) is 4.58. The van der Waals surface area contributed by atoms with E-state index >= 15 is 0 Å². The van der Waals surface area contributed by atoms with Crippen molar-refractivity contribution >= 4 is 27.0 Å². The van der Waals surface area contributed by atoms with Crippen LogP contribution in [-0.2, 0) is 23.2 Å². The second-order valence-corrected chi connectivity index (χ2v) is 8.86. The first-order valence-electron chi connectivity index (χ1n) is 7.51. The third kappa shape index (κ3) is 3.17. The lowest BCUT2D eigenvalue weighted by Gasteiger charge is -2.04. The summed E-state index contributed by atoms with van der Waals surface area (Å²) in [4.78, 5) is 10.6. The van der Waals surface area contributed by atoms with E-state index < -0.39 is 32.5 Å². The number of alkyl halides is 3. The zero-order chi connectivity index (χ0) is 21.0. The Labute approximate surface area is 160 Å². The summed E-state index contributed by atoms with van der Waals surface area (Å²) in [5.41, 5.74) is -1.67. The summed E-state index contributed by atoms with van der Waals surface area (Å²) in [6, 6.07) is 3.33. The molecule has 0 saturated carbocycles. The standard InChI is InChI=1S/C14H12F3N5O4S2/c1-7-13(22(23)24)8(2)21(18-7)28(25,26)12-5-4-10(27-12)9-6-11(14(15,16)17)20(3)19-9/h4-6H,1-3H3. The van der Waals surface area contributed by atoms with E-state index in [1.807, 2.05) is 0 Å². The second kappa shape index (κ2) is 6.41. The molecule has 0 fully saturated rings. The van der Waals surface area contributed by atoms with Gasteiger partial charge in [-0.3, -0.25) is 14.8 Å². The first kappa shape index (κ1) is 20.0. The van der Waals surface area contributed by atoms with E-state index in [-0.39, 0.29) is 26.2 Å². The molecule has 3 aromatic rings. The van der Waals surface area contributed by atoms with E-state index in [0.29, 0.717) is 20.1 Å². The van der Waals surface area contributed by atoms with Crippen LogP contribution in [0.25, 0.3) is 10.6 Å². The second-order valence-electron chi connectivity index (χ2n) is 5.78. The monoisotopic (exact) mass is 435 g/mol. The van der Waals surface area contributed by atoms with E-state index in [0.717, 1.165) is 13.1 Å². The molecule has 3 rings (SSSR count). The summed E-state index contributed by atoms with van der Waals surface area (Å²) in [5, 5.41) is 18.6. The van der Waals surface area contributed by atoms with Gasteiger partial charge in [0, 0.05) is 7.05 Å². The Morgan fingerprint density at radius 2 is 1.86 bits per heavy atom. The van der Waals surface area contributed by atoms with Gasteiger partial charge >= 0.3 is 11.9 Å². The average Bonchev–Trinajstić information content (AvgIpc) is 3.23. The molecular formula is C14H12F3N5O4S2. The largest absolute Gasteiger partial charge is 0.433 e. The quantitative estimate of drug-likeness (QED) is 0.460. The molecule has 0 aromatic carbocycles. The van der Waals surface area contributed by atoms with Crippen LogP contribution in [0.1, 0.15) is 17.1 Å². The number of nitro groups is 1. The Morgan fingerprint density at radius 3 is 2.36 bits per heavy atom. The van der Waals surface area contributed by atoms with E-state index in [2.05, 4.69) is 10.2 Å². The van der Waals surface area contributed by atoms with Crippen LogP contribution >= 0.6 is 11.3 Å². The molecule has 0 aliphatic rings. The van der Waals surface area contributed by atoms with Crippen LogP contribution in [-0.4, -0.2) is 32.3 Å². The van der Waals surface area contributed by atoms with Crippen LogP contribution in [0.5, 0.6) is 0 Å². The molecule has 0 aliphatic carbocycles. The fraction of sp³-hybridized carbons (Fsp3) is 0.286. The number of thiophene rings is 1. The highest BCUT2D eigenvalue weighted by atomic mass is 32.2. The Hall–Kier alpha value is -2.74. The highest BCUT2D eigenvalue weighted by molar-refractivity contribution is 7.92. The molecule has 9 nitrogen and oxygen atoms in total.